The zero-order valence-corrected chi connectivity index (χ0v) is 31.2. The van der Waals surface area contributed by atoms with Crippen LogP contribution in [0.5, 0.6) is 28.7 Å². The predicted octanol–water partition coefficient (Wildman–Crippen LogP) is 6.41. The van der Waals surface area contributed by atoms with Crippen LogP contribution in [0.2, 0.25) is 0 Å². The molecule has 0 aliphatic carbocycles. The second-order valence-electron chi connectivity index (χ2n) is 14.2. The van der Waals surface area contributed by atoms with Gasteiger partial charge in [0.2, 0.25) is 6.79 Å². The summed E-state index contributed by atoms with van der Waals surface area (Å²) in [7, 11) is 1.54. The molecule has 2 bridgehead atoms. The van der Waals surface area contributed by atoms with Crippen LogP contribution in [0.4, 0.5) is 4.79 Å². The second kappa shape index (κ2) is 14.4. The molecule has 0 aromatic heterocycles. The van der Waals surface area contributed by atoms with Gasteiger partial charge in [0, 0.05) is 42.7 Å². The molecule has 1 fully saturated rings. The molecule has 3 aliphatic heterocycles. The Morgan fingerprint density at radius 1 is 1.00 bits per heavy atom. The van der Waals surface area contributed by atoms with Crippen molar-refractivity contribution >= 4 is 23.9 Å². The van der Waals surface area contributed by atoms with Crippen molar-refractivity contribution in [2.45, 2.75) is 85.2 Å². The largest absolute Gasteiger partial charge is 0.493 e. The summed E-state index contributed by atoms with van der Waals surface area (Å²) in [5, 5.41) is 0. The standard InChI is InChI=1S/C40H44N2O11/c1-21-15-27-16-29-38(45)41(30(19-48-24(4)43)28-17-31(52-25(5)44)22(2)35-36(28)51-20-50-35)23(3)33(42(29)39(46)53-40(6,7)8)32(27)37(34(21)47-9)49-18-26-13-11-10-12-14-26/h10-15,17,29-30,33H,3,16,18-20H2,1-2,4-9H3/t29-,30+,33-/m1/s1. The van der Waals surface area contributed by atoms with Crippen LogP contribution in [-0.4, -0.2) is 65.9 Å². The maximum absolute atomic E-state index is 15.0. The predicted molar refractivity (Wildman–Crippen MR) is 191 cm³/mol. The summed E-state index contributed by atoms with van der Waals surface area (Å²) in [6.45, 7) is 15.6. The van der Waals surface area contributed by atoms with Crippen molar-refractivity contribution in [2.24, 2.45) is 0 Å². The Balaban J connectivity index is 1.56. The van der Waals surface area contributed by atoms with Gasteiger partial charge in [0.1, 0.15) is 36.6 Å². The normalized spacial score (nSPS) is 17.9. The van der Waals surface area contributed by atoms with Gasteiger partial charge in [0.25, 0.3) is 5.91 Å². The fourth-order valence-electron chi connectivity index (χ4n) is 7.15. The third-order valence-corrected chi connectivity index (χ3v) is 9.27. The van der Waals surface area contributed by atoms with E-state index in [4.69, 9.17) is 33.2 Å². The number of amides is 2. The average Bonchev–Trinajstić information content (AvgIpc) is 3.58. The molecule has 3 aliphatic rings. The molecule has 53 heavy (non-hydrogen) atoms. The van der Waals surface area contributed by atoms with Crippen LogP contribution in [0.3, 0.4) is 0 Å². The number of aryl methyl sites for hydroxylation is 1. The van der Waals surface area contributed by atoms with Gasteiger partial charge < -0.3 is 38.1 Å². The van der Waals surface area contributed by atoms with E-state index >= 15 is 0 Å². The van der Waals surface area contributed by atoms with E-state index in [0.717, 1.165) is 16.7 Å². The Labute approximate surface area is 308 Å². The number of nitrogens with zero attached hydrogens (tertiary/aromatic N) is 2. The van der Waals surface area contributed by atoms with Crippen LogP contribution in [0, 0.1) is 13.8 Å². The van der Waals surface area contributed by atoms with Crippen LogP contribution in [0.1, 0.15) is 80.1 Å². The highest BCUT2D eigenvalue weighted by molar-refractivity contribution is 5.92. The van der Waals surface area contributed by atoms with Gasteiger partial charge in [0.15, 0.2) is 23.0 Å². The summed E-state index contributed by atoms with van der Waals surface area (Å²) < 4.78 is 41.3. The van der Waals surface area contributed by atoms with Crippen LogP contribution in [0.15, 0.2) is 54.7 Å². The number of carbonyl (C=O) groups is 4. The minimum absolute atomic E-state index is 0.102. The molecule has 3 heterocycles. The summed E-state index contributed by atoms with van der Waals surface area (Å²) in [5.41, 5.74) is 3.18. The molecule has 2 amide bonds. The van der Waals surface area contributed by atoms with Gasteiger partial charge >= 0.3 is 18.0 Å². The van der Waals surface area contributed by atoms with E-state index in [1.807, 2.05) is 43.3 Å². The minimum atomic E-state index is -1.06. The van der Waals surface area contributed by atoms with Crippen LogP contribution < -0.4 is 23.7 Å². The van der Waals surface area contributed by atoms with Crippen molar-refractivity contribution in [1.29, 1.82) is 0 Å². The van der Waals surface area contributed by atoms with Crippen molar-refractivity contribution in [3.8, 4) is 28.7 Å². The molecule has 0 N–H and O–H groups in total. The lowest BCUT2D eigenvalue weighted by Crippen LogP contribution is -2.62. The van der Waals surface area contributed by atoms with E-state index < -0.39 is 47.7 Å². The molecule has 3 atom stereocenters. The third kappa shape index (κ3) is 7.07. The quantitative estimate of drug-likeness (QED) is 0.178. The average molecular weight is 729 g/mol. The number of methoxy groups -OCH3 is 1. The number of hydrogen-bond donors (Lipinski definition) is 0. The molecular weight excluding hydrogens is 684 g/mol. The summed E-state index contributed by atoms with van der Waals surface area (Å²) >= 11 is 0. The molecule has 13 heteroatoms. The lowest BCUT2D eigenvalue weighted by molar-refractivity contribution is -0.151. The Hall–Kier alpha value is -5.72. The van der Waals surface area contributed by atoms with E-state index in [-0.39, 0.29) is 37.9 Å². The number of hydrogen-bond acceptors (Lipinski definition) is 11. The number of benzene rings is 3. The van der Waals surface area contributed by atoms with E-state index in [2.05, 4.69) is 6.58 Å². The maximum Gasteiger partial charge on any atom is 0.411 e. The number of fused-ring (bicyclic) bond motifs is 5. The number of carbonyl (C=O) groups excluding carboxylic acids is 4. The Kier molecular flexibility index (Phi) is 10.0. The molecule has 0 unspecified atom stereocenters. The summed E-state index contributed by atoms with van der Waals surface area (Å²) in [4.78, 5) is 56.5. The molecule has 0 radical (unpaired) electrons. The van der Waals surface area contributed by atoms with Crippen LogP contribution in [-0.2, 0) is 36.9 Å². The smallest absolute Gasteiger partial charge is 0.411 e. The topological polar surface area (TPSA) is 139 Å². The first-order valence-electron chi connectivity index (χ1n) is 17.3. The fourth-order valence-corrected chi connectivity index (χ4v) is 7.15. The zero-order valence-electron chi connectivity index (χ0n) is 31.2. The molecule has 280 valence electrons. The Morgan fingerprint density at radius 2 is 1.70 bits per heavy atom. The van der Waals surface area contributed by atoms with Crippen molar-refractivity contribution in [2.75, 3.05) is 20.5 Å². The van der Waals surface area contributed by atoms with E-state index in [1.165, 1.54) is 23.6 Å². The molecule has 3 aromatic rings. The van der Waals surface area contributed by atoms with Gasteiger partial charge in [-0.3, -0.25) is 19.3 Å². The number of esters is 2. The third-order valence-electron chi connectivity index (χ3n) is 9.27. The highest BCUT2D eigenvalue weighted by atomic mass is 16.7. The SMILES string of the molecule is C=C1[C@@H]2c3c(cc(C)c(OC)c3OCc3ccccc3)C[C@H](C(=O)N1[C@@H](COC(C)=O)c1cc(OC(C)=O)c(C)c3c1OCO3)N2C(=O)OC(C)(C)C. The van der Waals surface area contributed by atoms with Crippen molar-refractivity contribution in [3.05, 3.63) is 88.1 Å². The summed E-state index contributed by atoms with van der Waals surface area (Å²) in [6, 6.07) is 10.0. The van der Waals surface area contributed by atoms with Gasteiger partial charge in [-0.2, -0.15) is 0 Å². The van der Waals surface area contributed by atoms with E-state index in [9.17, 15) is 19.2 Å². The summed E-state index contributed by atoms with van der Waals surface area (Å²) in [6.07, 6.45) is -0.618. The molecule has 0 spiro atoms. The van der Waals surface area contributed by atoms with Crippen molar-refractivity contribution < 1.29 is 52.3 Å². The summed E-state index contributed by atoms with van der Waals surface area (Å²) in [5.74, 6) is -0.0220. The van der Waals surface area contributed by atoms with Gasteiger partial charge in [-0.15, -0.1) is 0 Å². The first kappa shape index (κ1) is 37.1. The Bertz CT molecular complexity index is 1980. The molecular formula is C40H44N2O11. The van der Waals surface area contributed by atoms with Crippen LogP contribution >= 0.6 is 0 Å². The number of piperazine rings is 1. The van der Waals surface area contributed by atoms with Gasteiger partial charge in [-0.1, -0.05) is 43.0 Å². The highest BCUT2D eigenvalue weighted by Crippen LogP contribution is 2.54. The fraction of sp³-hybridized carbons (Fsp3) is 0.400. The molecule has 3 aromatic carbocycles. The maximum atomic E-state index is 15.0. The van der Waals surface area contributed by atoms with Crippen molar-refractivity contribution in [3.63, 3.8) is 0 Å². The van der Waals surface area contributed by atoms with Crippen LogP contribution in [0.25, 0.3) is 0 Å². The molecule has 0 saturated carbocycles. The second-order valence-corrected chi connectivity index (χ2v) is 14.2. The Morgan fingerprint density at radius 3 is 2.34 bits per heavy atom. The molecule has 6 rings (SSSR count). The van der Waals surface area contributed by atoms with E-state index in [0.29, 0.717) is 39.7 Å². The highest BCUT2D eigenvalue weighted by Gasteiger charge is 2.55. The lowest BCUT2D eigenvalue weighted by atomic mass is 9.80. The van der Waals surface area contributed by atoms with Crippen molar-refractivity contribution in [1.82, 2.24) is 9.80 Å². The molecule has 13 nitrogen and oxygen atoms in total. The minimum Gasteiger partial charge on any atom is -0.493 e. The number of rotatable bonds is 9. The first-order chi connectivity index (χ1) is 25.1. The van der Waals surface area contributed by atoms with Gasteiger partial charge in [0.05, 0.1) is 13.2 Å². The lowest BCUT2D eigenvalue weighted by Gasteiger charge is -2.52. The monoisotopic (exact) mass is 728 g/mol. The first-order valence-corrected chi connectivity index (χ1v) is 17.3. The van der Waals surface area contributed by atoms with Gasteiger partial charge in [-0.25, -0.2) is 4.79 Å². The zero-order chi connectivity index (χ0) is 38.4. The van der Waals surface area contributed by atoms with Gasteiger partial charge in [-0.05, 0) is 57.4 Å². The van der Waals surface area contributed by atoms with E-state index in [1.54, 1.807) is 40.9 Å². The molecule has 1 saturated heterocycles. The number of ether oxygens (including phenoxy) is 7.